The SMILES string of the molecule is COc1ccc(CCN(C)[C@@H](C)c2cccc(S(N)(=O)=O)c2)cc1. The van der Waals surface area contributed by atoms with Crippen molar-refractivity contribution < 1.29 is 13.2 Å². The third-order valence-corrected chi connectivity index (χ3v) is 5.15. The molecule has 5 nitrogen and oxygen atoms in total. The molecule has 2 rings (SSSR count). The van der Waals surface area contributed by atoms with Gasteiger partial charge in [-0.05, 0) is 55.8 Å². The average molecular weight is 348 g/mol. The van der Waals surface area contributed by atoms with Gasteiger partial charge in [-0.1, -0.05) is 24.3 Å². The van der Waals surface area contributed by atoms with Gasteiger partial charge in [0.15, 0.2) is 0 Å². The second kappa shape index (κ2) is 7.79. The van der Waals surface area contributed by atoms with E-state index in [0.717, 1.165) is 24.3 Å². The number of hydrogen-bond acceptors (Lipinski definition) is 4. The van der Waals surface area contributed by atoms with E-state index in [1.54, 1.807) is 19.2 Å². The lowest BCUT2D eigenvalue weighted by Gasteiger charge is -2.25. The number of rotatable bonds is 7. The Morgan fingerprint density at radius 2 is 1.83 bits per heavy atom. The zero-order valence-corrected chi connectivity index (χ0v) is 15.1. The molecule has 24 heavy (non-hydrogen) atoms. The summed E-state index contributed by atoms with van der Waals surface area (Å²) in [5.41, 5.74) is 2.16. The van der Waals surface area contributed by atoms with Gasteiger partial charge in [0.05, 0.1) is 12.0 Å². The predicted octanol–water partition coefficient (Wildman–Crippen LogP) is 2.58. The number of hydrogen-bond donors (Lipinski definition) is 1. The van der Waals surface area contributed by atoms with Crippen LogP contribution in [0.15, 0.2) is 53.4 Å². The fourth-order valence-corrected chi connectivity index (χ4v) is 3.07. The molecule has 0 radical (unpaired) electrons. The van der Waals surface area contributed by atoms with Crippen LogP contribution in [-0.2, 0) is 16.4 Å². The fourth-order valence-electron chi connectivity index (χ4n) is 2.50. The van der Waals surface area contributed by atoms with Gasteiger partial charge in [-0.3, -0.25) is 4.90 Å². The predicted molar refractivity (Wildman–Crippen MR) is 95.6 cm³/mol. The van der Waals surface area contributed by atoms with E-state index in [2.05, 4.69) is 24.0 Å². The van der Waals surface area contributed by atoms with Crippen LogP contribution < -0.4 is 9.88 Å². The highest BCUT2D eigenvalue weighted by Crippen LogP contribution is 2.22. The lowest BCUT2D eigenvalue weighted by molar-refractivity contribution is 0.264. The highest BCUT2D eigenvalue weighted by atomic mass is 32.2. The number of likely N-dealkylation sites (N-methyl/N-ethyl adjacent to an activating group) is 1. The molecule has 0 aromatic heterocycles. The molecule has 0 bridgehead atoms. The van der Waals surface area contributed by atoms with E-state index in [0.29, 0.717) is 0 Å². The van der Waals surface area contributed by atoms with Crippen LogP contribution >= 0.6 is 0 Å². The third-order valence-electron chi connectivity index (χ3n) is 4.24. The summed E-state index contributed by atoms with van der Waals surface area (Å²) in [4.78, 5) is 2.34. The van der Waals surface area contributed by atoms with Crippen LogP contribution in [-0.4, -0.2) is 34.0 Å². The molecule has 2 aromatic rings. The van der Waals surface area contributed by atoms with Crippen molar-refractivity contribution >= 4 is 10.0 Å². The Labute approximate surface area is 144 Å². The number of ether oxygens (including phenoxy) is 1. The van der Waals surface area contributed by atoms with Crippen molar-refractivity contribution in [2.75, 3.05) is 20.7 Å². The third kappa shape index (κ3) is 4.80. The molecule has 0 amide bonds. The van der Waals surface area contributed by atoms with Crippen molar-refractivity contribution in [1.29, 1.82) is 0 Å². The molecule has 0 saturated carbocycles. The Kier molecular flexibility index (Phi) is 5.99. The van der Waals surface area contributed by atoms with Gasteiger partial charge in [0.25, 0.3) is 0 Å². The van der Waals surface area contributed by atoms with Gasteiger partial charge < -0.3 is 4.74 Å². The lowest BCUT2D eigenvalue weighted by Crippen LogP contribution is -2.25. The Balaban J connectivity index is 2.02. The molecule has 0 aliphatic rings. The first-order chi connectivity index (χ1) is 11.3. The summed E-state index contributed by atoms with van der Waals surface area (Å²) in [7, 11) is 0.00168. The summed E-state index contributed by atoms with van der Waals surface area (Å²) in [6, 6.07) is 14.9. The minimum absolute atomic E-state index is 0.0879. The van der Waals surface area contributed by atoms with E-state index in [-0.39, 0.29) is 10.9 Å². The fraction of sp³-hybridized carbons (Fsp3) is 0.333. The first-order valence-corrected chi connectivity index (χ1v) is 9.32. The molecule has 2 aromatic carbocycles. The summed E-state index contributed by atoms with van der Waals surface area (Å²) in [6.07, 6.45) is 0.902. The Bertz CT molecular complexity index is 773. The van der Waals surface area contributed by atoms with E-state index >= 15 is 0 Å². The minimum Gasteiger partial charge on any atom is -0.497 e. The van der Waals surface area contributed by atoms with Gasteiger partial charge in [-0.15, -0.1) is 0 Å². The van der Waals surface area contributed by atoms with Gasteiger partial charge in [0, 0.05) is 12.6 Å². The number of nitrogens with two attached hydrogens (primary N) is 1. The van der Waals surface area contributed by atoms with Crippen molar-refractivity contribution in [3.63, 3.8) is 0 Å². The van der Waals surface area contributed by atoms with Crippen LogP contribution in [0, 0.1) is 0 Å². The van der Waals surface area contributed by atoms with Crippen LogP contribution in [0.4, 0.5) is 0 Å². The van der Waals surface area contributed by atoms with Crippen LogP contribution in [0.1, 0.15) is 24.1 Å². The summed E-state index contributed by atoms with van der Waals surface area (Å²) >= 11 is 0. The zero-order chi connectivity index (χ0) is 17.7. The van der Waals surface area contributed by atoms with E-state index in [9.17, 15) is 8.42 Å². The van der Waals surface area contributed by atoms with Gasteiger partial charge in [-0.25, -0.2) is 13.6 Å². The maximum absolute atomic E-state index is 11.5. The van der Waals surface area contributed by atoms with E-state index in [1.807, 2.05) is 25.2 Å². The molecule has 0 spiro atoms. The quantitative estimate of drug-likeness (QED) is 0.835. The van der Waals surface area contributed by atoms with Crippen molar-refractivity contribution in [2.45, 2.75) is 24.3 Å². The number of benzene rings is 2. The van der Waals surface area contributed by atoms with Crippen LogP contribution in [0.3, 0.4) is 0 Å². The molecule has 0 aliphatic carbocycles. The smallest absolute Gasteiger partial charge is 0.238 e. The molecule has 0 saturated heterocycles. The average Bonchev–Trinajstić information content (AvgIpc) is 2.58. The van der Waals surface area contributed by atoms with E-state index in [1.165, 1.54) is 11.6 Å². The Morgan fingerprint density at radius 1 is 1.17 bits per heavy atom. The largest absolute Gasteiger partial charge is 0.497 e. The molecular formula is C18H24N2O3S. The summed E-state index contributed by atoms with van der Waals surface area (Å²) < 4.78 is 28.1. The Hall–Kier alpha value is -1.89. The summed E-state index contributed by atoms with van der Waals surface area (Å²) in [5, 5.41) is 5.21. The van der Waals surface area contributed by atoms with E-state index in [4.69, 9.17) is 9.88 Å². The standard InChI is InChI=1S/C18H24N2O3S/c1-14(16-5-4-6-18(13-16)24(19,21)22)20(2)12-11-15-7-9-17(23-3)10-8-15/h4-10,13-14H,11-12H2,1-3H3,(H2,19,21,22)/t14-/m0/s1. The van der Waals surface area contributed by atoms with Crippen molar-refractivity contribution in [2.24, 2.45) is 5.14 Å². The monoisotopic (exact) mass is 348 g/mol. The van der Waals surface area contributed by atoms with Gasteiger partial charge in [0.1, 0.15) is 5.75 Å². The zero-order valence-electron chi connectivity index (χ0n) is 14.3. The molecule has 6 heteroatoms. The van der Waals surface area contributed by atoms with Crippen molar-refractivity contribution in [1.82, 2.24) is 4.90 Å². The van der Waals surface area contributed by atoms with Gasteiger partial charge in [0.2, 0.25) is 10.0 Å². The first-order valence-electron chi connectivity index (χ1n) is 7.77. The first kappa shape index (κ1) is 18.4. The molecule has 0 unspecified atom stereocenters. The minimum atomic E-state index is -3.68. The lowest BCUT2D eigenvalue weighted by atomic mass is 10.1. The number of sulfonamides is 1. The summed E-state index contributed by atoms with van der Waals surface area (Å²) in [5.74, 6) is 0.847. The highest BCUT2D eigenvalue weighted by Gasteiger charge is 2.15. The second-order valence-corrected chi connectivity index (χ2v) is 7.43. The molecule has 0 fully saturated rings. The number of nitrogens with zero attached hydrogens (tertiary/aromatic N) is 1. The van der Waals surface area contributed by atoms with Crippen molar-refractivity contribution in [3.8, 4) is 5.75 Å². The molecule has 130 valence electrons. The molecular weight excluding hydrogens is 324 g/mol. The molecule has 0 heterocycles. The molecule has 0 aliphatic heterocycles. The van der Waals surface area contributed by atoms with E-state index < -0.39 is 10.0 Å². The maximum Gasteiger partial charge on any atom is 0.238 e. The number of primary sulfonamides is 1. The maximum atomic E-state index is 11.5. The second-order valence-electron chi connectivity index (χ2n) is 5.87. The van der Waals surface area contributed by atoms with Crippen LogP contribution in [0.5, 0.6) is 5.75 Å². The topological polar surface area (TPSA) is 72.6 Å². The number of methoxy groups -OCH3 is 1. The van der Waals surface area contributed by atoms with Crippen LogP contribution in [0.25, 0.3) is 0 Å². The summed E-state index contributed by atoms with van der Waals surface area (Å²) in [6.45, 7) is 2.91. The molecule has 1 atom stereocenters. The van der Waals surface area contributed by atoms with Gasteiger partial charge >= 0.3 is 0 Å². The van der Waals surface area contributed by atoms with Crippen molar-refractivity contribution in [3.05, 3.63) is 59.7 Å². The van der Waals surface area contributed by atoms with Crippen LogP contribution in [0.2, 0.25) is 0 Å². The highest BCUT2D eigenvalue weighted by molar-refractivity contribution is 7.89. The Morgan fingerprint density at radius 3 is 2.42 bits per heavy atom. The molecule has 2 N–H and O–H groups in total. The normalized spacial score (nSPS) is 13.0. The van der Waals surface area contributed by atoms with Gasteiger partial charge in [-0.2, -0.15) is 0 Å².